The Morgan fingerprint density at radius 1 is 1.41 bits per heavy atom. The van der Waals surface area contributed by atoms with Crippen LogP contribution in [0.4, 0.5) is 0 Å². The van der Waals surface area contributed by atoms with E-state index in [0.717, 1.165) is 31.2 Å². The zero-order valence-electron chi connectivity index (χ0n) is 10.2. The maximum atomic E-state index is 4.39. The van der Waals surface area contributed by atoms with E-state index in [9.17, 15) is 0 Å². The first-order valence-corrected chi connectivity index (χ1v) is 5.78. The monoisotopic (exact) mass is 231 g/mol. The molecule has 5 nitrogen and oxygen atoms in total. The van der Waals surface area contributed by atoms with E-state index in [1.807, 2.05) is 25.5 Å². The lowest BCUT2D eigenvalue weighted by Gasteiger charge is -2.08. The molecule has 5 heteroatoms. The van der Waals surface area contributed by atoms with Crippen LogP contribution in [0.25, 0.3) is 0 Å². The first-order chi connectivity index (χ1) is 8.29. The Morgan fingerprint density at radius 3 is 3.06 bits per heavy atom. The fraction of sp³-hybridized carbons (Fsp3) is 0.417. The fourth-order valence-electron chi connectivity index (χ4n) is 1.66. The predicted octanol–water partition coefficient (Wildman–Crippen LogP) is 1.14. The van der Waals surface area contributed by atoms with Gasteiger partial charge in [0.05, 0.1) is 24.3 Å². The van der Waals surface area contributed by atoms with Crippen molar-refractivity contribution in [2.75, 3.05) is 6.54 Å². The molecule has 0 aliphatic heterocycles. The van der Waals surface area contributed by atoms with E-state index in [2.05, 4.69) is 31.8 Å². The zero-order chi connectivity index (χ0) is 12.1. The first-order valence-electron chi connectivity index (χ1n) is 5.78. The summed E-state index contributed by atoms with van der Waals surface area (Å²) in [5, 5.41) is 3.29. The van der Waals surface area contributed by atoms with Gasteiger partial charge in [-0.05, 0) is 19.5 Å². The molecule has 2 aromatic heterocycles. The summed E-state index contributed by atoms with van der Waals surface area (Å²) in [5.41, 5.74) is 2.18. The minimum absolute atomic E-state index is 0.740. The maximum Gasteiger partial charge on any atom is 0.125 e. The molecule has 0 radical (unpaired) electrons. The number of nitrogens with zero attached hydrogens (tertiary/aromatic N) is 4. The van der Waals surface area contributed by atoms with Gasteiger partial charge < -0.3 is 9.88 Å². The van der Waals surface area contributed by atoms with Crippen LogP contribution in [0, 0.1) is 6.92 Å². The number of imidazole rings is 1. The maximum absolute atomic E-state index is 4.39. The highest BCUT2D eigenvalue weighted by Crippen LogP contribution is 2.04. The van der Waals surface area contributed by atoms with Gasteiger partial charge in [-0.1, -0.05) is 6.92 Å². The minimum Gasteiger partial charge on any atom is -0.327 e. The molecule has 0 aromatic carbocycles. The summed E-state index contributed by atoms with van der Waals surface area (Å²) in [4.78, 5) is 12.7. The summed E-state index contributed by atoms with van der Waals surface area (Å²) < 4.78 is 2.10. The van der Waals surface area contributed by atoms with Crippen LogP contribution in [0.2, 0.25) is 0 Å². The first kappa shape index (κ1) is 11.7. The van der Waals surface area contributed by atoms with Crippen molar-refractivity contribution in [2.24, 2.45) is 0 Å². The van der Waals surface area contributed by atoms with Crippen LogP contribution in [0.15, 0.2) is 24.8 Å². The molecule has 2 heterocycles. The van der Waals surface area contributed by atoms with Crippen LogP contribution in [0.5, 0.6) is 0 Å². The number of aryl methyl sites for hydroxylation is 1. The highest BCUT2D eigenvalue weighted by atomic mass is 15.1. The lowest BCUT2D eigenvalue weighted by atomic mass is 10.3. The number of rotatable bonds is 5. The number of nitrogens with one attached hydrogen (secondary N) is 1. The molecule has 90 valence electrons. The van der Waals surface area contributed by atoms with E-state index in [0.29, 0.717) is 0 Å². The quantitative estimate of drug-likeness (QED) is 0.838. The van der Waals surface area contributed by atoms with Crippen molar-refractivity contribution in [1.29, 1.82) is 0 Å². The number of aromatic nitrogens is 4. The molecule has 1 N–H and O–H groups in total. The second-order valence-corrected chi connectivity index (χ2v) is 3.89. The smallest absolute Gasteiger partial charge is 0.125 e. The van der Waals surface area contributed by atoms with Gasteiger partial charge in [-0.2, -0.15) is 0 Å². The Labute approximate surface area is 101 Å². The van der Waals surface area contributed by atoms with Crippen molar-refractivity contribution in [3.05, 3.63) is 42.0 Å². The Kier molecular flexibility index (Phi) is 3.82. The van der Waals surface area contributed by atoms with E-state index in [1.165, 1.54) is 5.69 Å². The van der Waals surface area contributed by atoms with Crippen molar-refractivity contribution < 1.29 is 0 Å². The van der Waals surface area contributed by atoms with E-state index in [-0.39, 0.29) is 0 Å². The molecule has 0 aliphatic carbocycles. The van der Waals surface area contributed by atoms with E-state index in [1.54, 1.807) is 6.20 Å². The average molecular weight is 231 g/mol. The van der Waals surface area contributed by atoms with Gasteiger partial charge in [0.1, 0.15) is 5.82 Å². The molecule has 0 saturated carbocycles. The molecule has 17 heavy (non-hydrogen) atoms. The van der Waals surface area contributed by atoms with Gasteiger partial charge in [0.2, 0.25) is 0 Å². The van der Waals surface area contributed by atoms with E-state index >= 15 is 0 Å². The summed E-state index contributed by atoms with van der Waals surface area (Å²) in [7, 11) is 0. The third-order valence-electron chi connectivity index (χ3n) is 2.52. The number of hydrogen-bond donors (Lipinski definition) is 1. The highest BCUT2D eigenvalue weighted by Gasteiger charge is 2.03. The standard InChI is InChI=1S/C12H17N5/c1-3-13-6-12-7-14-9-17(12)8-11-4-5-15-10(2)16-11/h4-5,7,9,13H,3,6,8H2,1-2H3. The fourth-order valence-corrected chi connectivity index (χ4v) is 1.66. The van der Waals surface area contributed by atoms with E-state index in [4.69, 9.17) is 0 Å². The predicted molar refractivity (Wildman–Crippen MR) is 65.5 cm³/mol. The largest absolute Gasteiger partial charge is 0.327 e. The lowest BCUT2D eigenvalue weighted by Crippen LogP contribution is -2.15. The highest BCUT2D eigenvalue weighted by molar-refractivity contribution is 5.06. The van der Waals surface area contributed by atoms with Gasteiger partial charge >= 0.3 is 0 Å². The third-order valence-corrected chi connectivity index (χ3v) is 2.52. The molecule has 0 unspecified atom stereocenters. The normalized spacial score (nSPS) is 10.7. The van der Waals surface area contributed by atoms with Gasteiger partial charge in [-0.15, -0.1) is 0 Å². The molecule has 0 spiro atoms. The summed E-state index contributed by atoms with van der Waals surface area (Å²) >= 11 is 0. The average Bonchev–Trinajstić information content (AvgIpc) is 2.74. The zero-order valence-corrected chi connectivity index (χ0v) is 10.2. The Morgan fingerprint density at radius 2 is 2.29 bits per heavy atom. The van der Waals surface area contributed by atoms with Crippen molar-refractivity contribution in [3.8, 4) is 0 Å². The summed E-state index contributed by atoms with van der Waals surface area (Å²) in [6, 6.07) is 1.93. The van der Waals surface area contributed by atoms with Gasteiger partial charge in [-0.25, -0.2) is 15.0 Å². The Balaban J connectivity index is 2.10. The van der Waals surface area contributed by atoms with Crippen molar-refractivity contribution in [3.63, 3.8) is 0 Å². The Hall–Kier alpha value is -1.75. The second-order valence-electron chi connectivity index (χ2n) is 3.89. The van der Waals surface area contributed by atoms with Gasteiger partial charge in [-0.3, -0.25) is 0 Å². The molecule has 0 fully saturated rings. The van der Waals surface area contributed by atoms with Crippen molar-refractivity contribution in [2.45, 2.75) is 26.9 Å². The van der Waals surface area contributed by atoms with Crippen molar-refractivity contribution >= 4 is 0 Å². The second kappa shape index (κ2) is 5.54. The van der Waals surface area contributed by atoms with Gasteiger partial charge in [0.25, 0.3) is 0 Å². The SMILES string of the molecule is CCNCc1cncn1Cc1ccnc(C)n1. The van der Waals surface area contributed by atoms with Gasteiger partial charge in [0.15, 0.2) is 0 Å². The van der Waals surface area contributed by atoms with Crippen LogP contribution in [0.1, 0.15) is 24.1 Å². The molecule has 0 saturated heterocycles. The molecule has 0 atom stereocenters. The summed E-state index contributed by atoms with van der Waals surface area (Å²) in [6.45, 7) is 6.52. The van der Waals surface area contributed by atoms with Crippen LogP contribution >= 0.6 is 0 Å². The molecule has 2 aromatic rings. The summed E-state index contributed by atoms with van der Waals surface area (Å²) in [6.07, 6.45) is 5.51. The van der Waals surface area contributed by atoms with Crippen LogP contribution < -0.4 is 5.32 Å². The molecular weight excluding hydrogens is 214 g/mol. The van der Waals surface area contributed by atoms with Crippen LogP contribution in [0.3, 0.4) is 0 Å². The summed E-state index contributed by atoms with van der Waals surface area (Å²) in [5.74, 6) is 0.802. The minimum atomic E-state index is 0.740. The lowest BCUT2D eigenvalue weighted by molar-refractivity contribution is 0.649. The third kappa shape index (κ3) is 3.10. The molecule has 0 aliphatic rings. The topological polar surface area (TPSA) is 55.6 Å². The van der Waals surface area contributed by atoms with Crippen molar-refractivity contribution in [1.82, 2.24) is 24.8 Å². The van der Waals surface area contributed by atoms with Crippen LogP contribution in [-0.4, -0.2) is 26.1 Å². The Bertz CT molecular complexity index is 477. The van der Waals surface area contributed by atoms with E-state index < -0.39 is 0 Å². The van der Waals surface area contributed by atoms with Crippen LogP contribution in [-0.2, 0) is 13.1 Å². The van der Waals surface area contributed by atoms with Gasteiger partial charge in [0, 0.05) is 18.9 Å². The molecular formula is C12H17N5. The molecule has 0 amide bonds. The number of hydrogen-bond acceptors (Lipinski definition) is 4. The molecule has 0 bridgehead atoms. The molecule has 2 rings (SSSR count).